The molecule has 88 valence electrons. The lowest BCUT2D eigenvalue weighted by molar-refractivity contribution is -0.384. The van der Waals surface area contributed by atoms with Gasteiger partial charge in [0.15, 0.2) is 0 Å². The Morgan fingerprint density at radius 1 is 1.44 bits per heavy atom. The monoisotopic (exact) mass is 246 g/mol. The van der Waals surface area contributed by atoms with E-state index in [4.69, 9.17) is 10.5 Å². The van der Waals surface area contributed by atoms with Gasteiger partial charge in [-0.25, -0.2) is 4.79 Å². The highest BCUT2D eigenvalue weighted by Crippen LogP contribution is 2.17. The van der Waals surface area contributed by atoms with E-state index < -0.39 is 16.9 Å². The van der Waals surface area contributed by atoms with Gasteiger partial charge in [0.05, 0.1) is 4.92 Å². The molecular weight excluding hydrogens is 236 g/mol. The number of hydrogen-bond acceptors (Lipinski definition) is 5. The third-order valence-corrected chi connectivity index (χ3v) is 1.64. The Morgan fingerprint density at radius 2 is 1.94 bits per heavy atom. The van der Waals surface area contributed by atoms with Crippen molar-refractivity contribution in [3.63, 3.8) is 0 Å². The molecule has 0 amide bonds. The zero-order valence-electron chi connectivity index (χ0n) is 8.45. The summed E-state index contributed by atoms with van der Waals surface area (Å²) in [6.07, 6.45) is 0. The number of ether oxygens (including phenoxy) is 1. The highest BCUT2D eigenvalue weighted by molar-refractivity contribution is 5.85. The molecule has 0 bridgehead atoms. The summed E-state index contributed by atoms with van der Waals surface area (Å²) in [6.45, 7) is 1.49. The molecule has 0 radical (unpaired) electrons. The van der Waals surface area contributed by atoms with Crippen LogP contribution in [0, 0.1) is 10.1 Å². The first-order valence-corrected chi connectivity index (χ1v) is 4.22. The maximum atomic E-state index is 11.0. The van der Waals surface area contributed by atoms with Crippen molar-refractivity contribution >= 4 is 24.1 Å². The normalized spacial score (nSPS) is 11.1. The van der Waals surface area contributed by atoms with Gasteiger partial charge in [0.1, 0.15) is 11.8 Å². The fourth-order valence-electron chi connectivity index (χ4n) is 0.845. The number of carbonyl (C=O) groups is 1. The number of rotatable bonds is 3. The van der Waals surface area contributed by atoms with Crippen LogP contribution in [-0.4, -0.2) is 16.9 Å². The molecule has 0 saturated heterocycles. The van der Waals surface area contributed by atoms with Crippen LogP contribution in [0.25, 0.3) is 0 Å². The molecular formula is C9H11ClN2O4. The number of halogens is 1. The van der Waals surface area contributed by atoms with E-state index in [9.17, 15) is 14.9 Å². The average molecular weight is 247 g/mol. The summed E-state index contributed by atoms with van der Waals surface area (Å²) in [5.74, 6) is -0.341. The lowest BCUT2D eigenvalue weighted by atomic mass is 10.3. The van der Waals surface area contributed by atoms with Gasteiger partial charge in [0.25, 0.3) is 5.69 Å². The molecule has 1 aromatic rings. The highest BCUT2D eigenvalue weighted by Gasteiger charge is 2.11. The van der Waals surface area contributed by atoms with E-state index in [1.165, 1.54) is 31.2 Å². The van der Waals surface area contributed by atoms with Gasteiger partial charge in [-0.2, -0.15) is 0 Å². The Bertz CT molecular complexity index is 378. The van der Waals surface area contributed by atoms with Crippen LogP contribution < -0.4 is 10.5 Å². The number of benzene rings is 1. The summed E-state index contributed by atoms with van der Waals surface area (Å²) in [5.41, 5.74) is 5.22. The number of nitro groups is 1. The Labute approximate surface area is 97.9 Å². The number of hydrogen-bond donors (Lipinski definition) is 1. The van der Waals surface area contributed by atoms with E-state index >= 15 is 0 Å². The lowest BCUT2D eigenvalue weighted by Gasteiger charge is -2.05. The molecule has 0 aromatic heterocycles. The standard InChI is InChI=1S/C9H10N2O4.ClH/c1-6(10)9(12)15-8-4-2-7(3-5-8)11(13)14;/h2-6H,10H2,1H3;1H/t6-;/m0./s1. The van der Waals surface area contributed by atoms with Crippen molar-refractivity contribution in [1.29, 1.82) is 0 Å². The summed E-state index contributed by atoms with van der Waals surface area (Å²) in [6, 6.07) is 4.48. The Kier molecular flexibility index (Phi) is 5.41. The second-order valence-corrected chi connectivity index (χ2v) is 2.96. The van der Waals surface area contributed by atoms with Gasteiger partial charge >= 0.3 is 5.97 Å². The molecule has 1 aromatic carbocycles. The second-order valence-electron chi connectivity index (χ2n) is 2.96. The van der Waals surface area contributed by atoms with Crippen LogP contribution >= 0.6 is 12.4 Å². The van der Waals surface area contributed by atoms with Crippen LogP contribution in [0.5, 0.6) is 5.75 Å². The predicted molar refractivity (Wildman–Crippen MR) is 59.6 cm³/mol. The molecule has 7 heteroatoms. The molecule has 0 unspecified atom stereocenters. The molecule has 1 atom stereocenters. The third kappa shape index (κ3) is 3.84. The van der Waals surface area contributed by atoms with Crippen LogP contribution in [0.2, 0.25) is 0 Å². The molecule has 6 nitrogen and oxygen atoms in total. The number of carbonyl (C=O) groups excluding carboxylic acids is 1. The van der Waals surface area contributed by atoms with E-state index in [-0.39, 0.29) is 23.8 Å². The second kappa shape index (κ2) is 6.04. The minimum atomic E-state index is -0.722. The van der Waals surface area contributed by atoms with Crippen LogP contribution in [0.3, 0.4) is 0 Å². The van der Waals surface area contributed by atoms with Crippen molar-refractivity contribution in [3.05, 3.63) is 34.4 Å². The third-order valence-electron chi connectivity index (χ3n) is 1.64. The van der Waals surface area contributed by atoms with E-state index in [2.05, 4.69) is 0 Å². The van der Waals surface area contributed by atoms with Crippen molar-refractivity contribution in [1.82, 2.24) is 0 Å². The number of nitrogens with zero attached hydrogens (tertiary/aromatic N) is 1. The van der Waals surface area contributed by atoms with Gasteiger partial charge < -0.3 is 10.5 Å². The first kappa shape index (κ1) is 14.3. The van der Waals surface area contributed by atoms with Crippen LogP contribution in [0.4, 0.5) is 5.69 Å². The van der Waals surface area contributed by atoms with Crippen LogP contribution in [0.15, 0.2) is 24.3 Å². The first-order chi connectivity index (χ1) is 7.00. The van der Waals surface area contributed by atoms with E-state index in [0.717, 1.165) is 0 Å². The minimum absolute atomic E-state index is 0. The number of nitro benzene ring substituents is 1. The fourth-order valence-corrected chi connectivity index (χ4v) is 0.845. The minimum Gasteiger partial charge on any atom is -0.425 e. The summed E-state index contributed by atoms with van der Waals surface area (Å²) in [5, 5.41) is 10.3. The molecule has 0 spiro atoms. The Balaban J connectivity index is 0.00000225. The fraction of sp³-hybridized carbons (Fsp3) is 0.222. The Hall–Kier alpha value is -1.66. The summed E-state index contributed by atoms with van der Waals surface area (Å²) in [7, 11) is 0. The largest absolute Gasteiger partial charge is 0.425 e. The molecule has 1 rings (SSSR count). The van der Waals surface area contributed by atoms with Crippen molar-refractivity contribution in [3.8, 4) is 5.75 Å². The Morgan fingerprint density at radius 3 is 2.31 bits per heavy atom. The van der Waals surface area contributed by atoms with Crippen LogP contribution in [0.1, 0.15) is 6.92 Å². The molecule has 0 aliphatic carbocycles. The topological polar surface area (TPSA) is 95.5 Å². The van der Waals surface area contributed by atoms with Gasteiger partial charge in [0.2, 0.25) is 0 Å². The molecule has 0 fully saturated rings. The average Bonchev–Trinajstić information content (AvgIpc) is 2.18. The zero-order valence-corrected chi connectivity index (χ0v) is 9.27. The van der Waals surface area contributed by atoms with E-state index in [1.807, 2.05) is 0 Å². The summed E-state index contributed by atoms with van der Waals surface area (Å²) >= 11 is 0. The van der Waals surface area contributed by atoms with Gasteiger partial charge in [-0.15, -0.1) is 12.4 Å². The highest BCUT2D eigenvalue weighted by atomic mass is 35.5. The first-order valence-electron chi connectivity index (χ1n) is 4.22. The number of esters is 1. The van der Waals surface area contributed by atoms with Crippen molar-refractivity contribution in [2.75, 3.05) is 0 Å². The van der Waals surface area contributed by atoms with E-state index in [1.54, 1.807) is 0 Å². The maximum absolute atomic E-state index is 11.0. The smallest absolute Gasteiger partial charge is 0.328 e. The van der Waals surface area contributed by atoms with Gasteiger partial charge in [-0.3, -0.25) is 10.1 Å². The lowest BCUT2D eigenvalue weighted by Crippen LogP contribution is -2.30. The van der Waals surface area contributed by atoms with E-state index in [0.29, 0.717) is 0 Å². The van der Waals surface area contributed by atoms with Gasteiger partial charge in [-0.05, 0) is 19.1 Å². The predicted octanol–water partition coefficient (Wildman–Crippen LogP) is 1.27. The molecule has 0 saturated carbocycles. The van der Waals surface area contributed by atoms with Crippen molar-refractivity contribution < 1.29 is 14.5 Å². The van der Waals surface area contributed by atoms with Crippen molar-refractivity contribution in [2.24, 2.45) is 5.73 Å². The van der Waals surface area contributed by atoms with Gasteiger partial charge in [-0.1, -0.05) is 0 Å². The SMILES string of the molecule is C[C@H](N)C(=O)Oc1ccc([N+](=O)[O-])cc1.Cl. The maximum Gasteiger partial charge on any atom is 0.328 e. The molecule has 2 N–H and O–H groups in total. The molecule has 16 heavy (non-hydrogen) atoms. The summed E-state index contributed by atoms with van der Waals surface area (Å²) < 4.78 is 4.82. The number of nitrogens with two attached hydrogens (primary N) is 1. The van der Waals surface area contributed by atoms with Crippen LogP contribution in [-0.2, 0) is 4.79 Å². The number of non-ortho nitro benzene ring substituents is 1. The molecule has 0 aliphatic heterocycles. The summed E-state index contributed by atoms with van der Waals surface area (Å²) in [4.78, 5) is 20.8. The quantitative estimate of drug-likeness (QED) is 0.375. The zero-order chi connectivity index (χ0) is 11.4. The molecule has 0 aliphatic rings. The van der Waals surface area contributed by atoms with Crippen molar-refractivity contribution in [2.45, 2.75) is 13.0 Å². The van der Waals surface area contributed by atoms with Gasteiger partial charge in [0, 0.05) is 12.1 Å². The molecule has 0 heterocycles.